The molecule has 0 atom stereocenters. The number of anilines is 1. The zero-order valence-electron chi connectivity index (χ0n) is 11.3. The lowest BCUT2D eigenvalue weighted by Crippen LogP contribution is -2.18. The number of hydrogen-bond acceptors (Lipinski definition) is 4. The average molecular weight is 289 g/mol. The monoisotopic (exact) mass is 289 g/mol. The first-order valence-electron chi connectivity index (χ1n) is 6.02. The molecule has 0 aliphatic carbocycles. The quantitative estimate of drug-likeness (QED) is 0.662. The summed E-state index contributed by atoms with van der Waals surface area (Å²) in [7, 11) is 0. The summed E-state index contributed by atoms with van der Waals surface area (Å²) in [6.07, 6.45) is 2.70. The third-order valence-corrected chi connectivity index (χ3v) is 2.88. The molecule has 1 aromatic carbocycles. The number of allylic oxidation sites excluding steroid dienone is 2. The van der Waals surface area contributed by atoms with Gasteiger partial charge in [0.15, 0.2) is 5.82 Å². The Balaban J connectivity index is 2.52. The summed E-state index contributed by atoms with van der Waals surface area (Å²) in [5, 5.41) is 0. The number of amidine groups is 1. The second kappa shape index (κ2) is 5.32. The van der Waals surface area contributed by atoms with Gasteiger partial charge in [0.05, 0.1) is 16.8 Å². The third kappa shape index (κ3) is 2.60. The smallest absolute Gasteiger partial charge is 0.201 e. The van der Waals surface area contributed by atoms with Gasteiger partial charge in [-0.2, -0.15) is 0 Å². The minimum Gasteiger partial charge on any atom is -0.396 e. The zero-order valence-corrected chi connectivity index (χ0v) is 11.3. The number of carbonyl (C=O) groups excluding carboxylic acids is 1. The second-order valence-corrected chi connectivity index (χ2v) is 4.62. The fourth-order valence-corrected chi connectivity index (χ4v) is 1.90. The molecule has 4 N–H and O–H groups in total. The number of benzene rings is 1. The van der Waals surface area contributed by atoms with Crippen LogP contribution in [0.15, 0.2) is 52.7 Å². The van der Waals surface area contributed by atoms with Crippen molar-refractivity contribution < 1.29 is 13.6 Å². The van der Waals surface area contributed by atoms with Crippen LogP contribution in [-0.2, 0) is 0 Å². The molecule has 108 valence electrons. The Morgan fingerprint density at radius 2 is 2.00 bits per heavy atom. The van der Waals surface area contributed by atoms with Crippen molar-refractivity contribution in [3.8, 4) is 0 Å². The first-order valence-corrected chi connectivity index (χ1v) is 6.02. The highest BCUT2D eigenvalue weighted by Gasteiger charge is 2.28. The molecule has 0 spiro atoms. The number of nitrogens with zero attached hydrogens (tertiary/aromatic N) is 1. The molecule has 1 aromatic rings. The van der Waals surface area contributed by atoms with E-state index < -0.39 is 23.0 Å². The molecule has 0 aromatic heterocycles. The van der Waals surface area contributed by atoms with Crippen LogP contribution in [0.3, 0.4) is 0 Å². The maximum atomic E-state index is 13.9. The number of Topliss-reactive ketones (excluding diaryl/α,β-unsaturated/α-hetero) is 1. The Morgan fingerprint density at radius 3 is 2.62 bits per heavy atom. The minimum absolute atomic E-state index is 0.00102. The summed E-state index contributed by atoms with van der Waals surface area (Å²) >= 11 is 0. The van der Waals surface area contributed by atoms with Crippen LogP contribution in [0.5, 0.6) is 0 Å². The first kappa shape index (κ1) is 14.6. The summed E-state index contributed by atoms with van der Waals surface area (Å²) in [6, 6.07) is 1.99. The van der Waals surface area contributed by atoms with Crippen molar-refractivity contribution in [3.63, 3.8) is 0 Å². The molecule has 0 bridgehead atoms. The van der Waals surface area contributed by atoms with Crippen LogP contribution in [0, 0.1) is 11.6 Å². The number of ketones is 1. The van der Waals surface area contributed by atoms with Crippen molar-refractivity contribution in [2.75, 3.05) is 5.73 Å². The van der Waals surface area contributed by atoms with E-state index in [0.29, 0.717) is 5.57 Å². The summed E-state index contributed by atoms with van der Waals surface area (Å²) in [6.45, 7) is 5.37. The normalized spacial score (nSPS) is 15.9. The lowest BCUT2D eigenvalue weighted by atomic mass is 9.95. The standard InChI is InChI=1S/C15H13F2N3O/c1-7(2)5-8-9(6-20-15(8)19)14(21)12-10(16)3-4-11(18)13(12)17/h3-6H,1,18H2,2H3,(H2,19,20)/b8-5-. The summed E-state index contributed by atoms with van der Waals surface area (Å²) in [4.78, 5) is 16.2. The van der Waals surface area contributed by atoms with Gasteiger partial charge in [-0.05, 0) is 25.1 Å². The molecular formula is C15H13F2N3O. The van der Waals surface area contributed by atoms with Crippen molar-refractivity contribution in [1.82, 2.24) is 0 Å². The second-order valence-electron chi connectivity index (χ2n) is 4.62. The largest absolute Gasteiger partial charge is 0.396 e. The van der Waals surface area contributed by atoms with Crippen LogP contribution < -0.4 is 11.5 Å². The van der Waals surface area contributed by atoms with Crippen LogP contribution in [0.1, 0.15) is 17.3 Å². The van der Waals surface area contributed by atoms with Gasteiger partial charge in [-0.15, -0.1) is 0 Å². The van der Waals surface area contributed by atoms with Crippen LogP contribution >= 0.6 is 0 Å². The molecule has 21 heavy (non-hydrogen) atoms. The molecule has 1 aliphatic rings. The van der Waals surface area contributed by atoms with Gasteiger partial charge < -0.3 is 11.5 Å². The molecule has 2 rings (SSSR count). The number of halogens is 2. The van der Waals surface area contributed by atoms with Crippen LogP contribution in [-0.4, -0.2) is 11.6 Å². The molecule has 0 amide bonds. The SMILES string of the molecule is C=C(C)/C=C1/C(C(=O)c2c(F)ccc(N)c2F)=CN=C1N. The maximum Gasteiger partial charge on any atom is 0.201 e. The predicted molar refractivity (Wildman–Crippen MR) is 77.7 cm³/mol. The molecular weight excluding hydrogens is 276 g/mol. The van der Waals surface area contributed by atoms with Gasteiger partial charge in [-0.3, -0.25) is 4.79 Å². The van der Waals surface area contributed by atoms with Crippen LogP contribution in [0.2, 0.25) is 0 Å². The minimum atomic E-state index is -1.10. The molecule has 6 heteroatoms. The van der Waals surface area contributed by atoms with E-state index in [1.54, 1.807) is 6.92 Å². The summed E-state index contributed by atoms with van der Waals surface area (Å²) in [5.41, 5.74) is 10.9. The summed E-state index contributed by atoms with van der Waals surface area (Å²) < 4.78 is 27.7. The van der Waals surface area contributed by atoms with E-state index >= 15 is 0 Å². The Bertz CT molecular complexity index is 746. The Kier molecular flexibility index (Phi) is 3.71. The number of rotatable bonds is 3. The van der Waals surface area contributed by atoms with Gasteiger partial charge in [0.1, 0.15) is 11.7 Å². The third-order valence-electron chi connectivity index (χ3n) is 2.88. The molecule has 1 aliphatic heterocycles. The number of hydrogen-bond donors (Lipinski definition) is 2. The fraction of sp³-hybridized carbons (Fsp3) is 0.0667. The van der Waals surface area contributed by atoms with E-state index in [4.69, 9.17) is 11.5 Å². The van der Waals surface area contributed by atoms with Gasteiger partial charge >= 0.3 is 0 Å². The number of aliphatic imine (C=N–C) groups is 1. The van der Waals surface area contributed by atoms with Crippen LogP contribution in [0.25, 0.3) is 0 Å². The van der Waals surface area contributed by atoms with Gasteiger partial charge in [0.2, 0.25) is 5.78 Å². The molecule has 0 radical (unpaired) electrons. The zero-order chi connectivity index (χ0) is 15.7. The summed E-state index contributed by atoms with van der Waals surface area (Å²) in [5.74, 6) is -2.87. The number of carbonyl (C=O) groups is 1. The van der Waals surface area contributed by atoms with E-state index in [2.05, 4.69) is 11.6 Å². The Morgan fingerprint density at radius 1 is 1.33 bits per heavy atom. The van der Waals surface area contributed by atoms with Crippen molar-refractivity contribution in [1.29, 1.82) is 0 Å². The molecule has 0 saturated heterocycles. The topological polar surface area (TPSA) is 81.5 Å². The average Bonchev–Trinajstić information content (AvgIpc) is 2.75. The Labute approximate surface area is 120 Å². The molecule has 0 saturated carbocycles. The van der Waals surface area contributed by atoms with E-state index in [1.807, 2.05) is 0 Å². The lowest BCUT2D eigenvalue weighted by Gasteiger charge is -2.09. The predicted octanol–water partition coefficient (Wildman–Crippen LogP) is 2.49. The van der Waals surface area contributed by atoms with Gasteiger partial charge in [0.25, 0.3) is 0 Å². The van der Waals surface area contributed by atoms with E-state index in [1.165, 1.54) is 12.3 Å². The fourth-order valence-electron chi connectivity index (χ4n) is 1.90. The number of nitrogen functional groups attached to an aromatic ring is 1. The lowest BCUT2D eigenvalue weighted by molar-refractivity contribution is 0.103. The highest BCUT2D eigenvalue weighted by Crippen LogP contribution is 2.27. The van der Waals surface area contributed by atoms with Gasteiger partial charge in [0, 0.05) is 11.8 Å². The molecule has 0 fully saturated rings. The molecule has 4 nitrogen and oxygen atoms in total. The number of nitrogens with two attached hydrogens (primary N) is 2. The van der Waals surface area contributed by atoms with Gasteiger partial charge in [-0.25, -0.2) is 13.8 Å². The van der Waals surface area contributed by atoms with Crippen molar-refractivity contribution in [2.24, 2.45) is 10.7 Å². The molecule has 0 unspecified atom stereocenters. The van der Waals surface area contributed by atoms with E-state index in [-0.39, 0.29) is 22.7 Å². The van der Waals surface area contributed by atoms with Crippen LogP contribution in [0.4, 0.5) is 14.5 Å². The maximum absolute atomic E-state index is 13.9. The highest BCUT2D eigenvalue weighted by molar-refractivity contribution is 6.21. The van der Waals surface area contributed by atoms with Crippen molar-refractivity contribution in [3.05, 3.63) is 64.9 Å². The first-order chi connectivity index (χ1) is 9.82. The highest BCUT2D eigenvalue weighted by atomic mass is 19.1. The van der Waals surface area contributed by atoms with E-state index in [9.17, 15) is 13.6 Å². The van der Waals surface area contributed by atoms with Gasteiger partial charge in [-0.1, -0.05) is 12.2 Å². The Hall–Kier alpha value is -2.76. The molecule has 1 heterocycles. The van der Waals surface area contributed by atoms with Crippen molar-refractivity contribution in [2.45, 2.75) is 6.92 Å². The van der Waals surface area contributed by atoms with E-state index in [0.717, 1.165) is 12.1 Å². The van der Waals surface area contributed by atoms with Crippen molar-refractivity contribution >= 4 is 17.3 Å².